The van der Waals surface area contributed by atoms with E-state index in [1.54, 1.807) is 13.4 Å². The fourth-order valence-electron chi connectivity index (χ4n) is 4.22. The maximum atomic E-state index is 12.2. The fraction of sp³-hybridized carbons (Fsp3) is 0.476. The predicted molar refractivity (Wildman–Crippen MR) is 113 cm³/mol. The molecule has 0 N–H and O–H groups in total. The molecule has 0 atom stereocenters. The molecule has 0 unspecified atom stereocenters. The first-order valence-corrected chi connectivity index (χ1v) is 10.9. The molecule has 0 radical (unpaired) electrons. The standard InChI is InChI=1S/C21H25N5OS/c1-24-14-22-18-12-15(6-7-16(18)21(24)27)26-10-8-25(9-11-26)13-20-23-17-4-2-3-5-19(17)28-20/h6-7,12,14H,2-5,8-11,13H2,1H3. The first kappa shape index (κ1) is 17.8. The highest BCUT2D eigenvalue weighted by Crippen LogP contribution is 2.28. The summed E-state index contributed by atoms with van der Waals surface area (Å²) in [6, 6.07) is 6.00. The van der Waals surface area contributed by atoms with Gasteiger partial charge in [0.25, 0.3) is 5.56 Å². The lowest BCUT2D eigenvalue weighted by atomic mass is 10.0. The monoisotopic (exact) mass is 395 g/mol. The summed E-state index contributed by atoms with van der Waals surface area (Å²) < 4.78 is 1.53. The number of hydrogen-bond acceptors (Lipinski definition) is 6. The van der Waals surface area contributed by atoms with E-state index in [9.17, 15) is 4.79 Å². The summed E-state index contributed by atoms with van der Waals surface area (Å²) in [5.41, 5.74) is 3.29. The van der Waals surface area contributed by atoms with Gasteiger partial charge in [-0.1, -0.05) is 0 Å². The van der Waals surface area contributed by atoms with Crippen molar-refractivity contribution in [3.63, 3.8) is 0 Å². The molecule has 3 heterocycles. The second-order valence-corrected chi connectivity index (χ2v) is 8.98. The minimum Gasteiger partial charge on any atom is -0.369 e. The van der Waals surface area contributed by atoms with Crippen molar-refractivity contribution >= 4 is 27.9 Å². The Morgan fingerprint density at radius 3 is 2.75 bits per heavy atom. The molecule has 2 aromatic heterocycles. The molecule has 1 saturated heterocycles. The Hall–Kier alpha value is -2.25. The van der Waals surface area contributed by atoms with Crippen molar-refractivity contribution in [3.8, 4) is 0 Å². The van der Waals surface area contributed by atoms with E-state index in [4.69, 9.17) is 4.98 Å². The van der Waals surface area contributed by atoms with Crippen LogP contribution in [0.4, 0.5) is 5.69 Å². The second kappa shape index (κ2) is 7.29. The Kier molecular flexibility index (Phi) is 4.64. The summed E-state index contributed by atoms with van der Waals surface area (Å²) in [7, 11) is 1.74. The summed E-state index contributed by atoms with van der Waals surface area (Å²) in [6.07, 6.45) is 6.60. The maximum Gasteiger partial charge on any atom is 0.260 e. The van der Waals surface area contributed by atoms with Crippen LogP contribution in [0.15, 0.2) is 29.3 Å². The Morgan fingerprint density at radius 1 is 1.11 bits per heavy atom. The molecular weight excluding hydrogens is 370 g/mol. The summed E-state index contributed by atoms with van der Waals surface area (Å²) in [5, 5.41) is 1.96. The predicted octanol–water partition coefficient (Wildman–Crippen LogP) is 2.59. The van der Waals surface area contributed by atoms with Crippen molar-refractivity contribution in [2.45, 2.75) is 32.2 Å². The molecule has 2 aliphatic rings. The van der Waals surface area contributed by atoms with Crippen molar-refractivity contribution < 1.29 is 0 Å². The van der Waals surface area contributed by atoms with Crippen LogP contribution in [0.1, 0.15) is 28.4 Å². The number of aryl methyl sites for hydroxylation is 3. The molecule has 3 aromatic rings. The molecule has 146 valence electrons. The highest BCUT2D eigenvalue weighted by Gasteiger charge is 2.21. The number of anilines is 1. The lowest BCUT2D eigenvalue weighted by Crippen LogP contribution is -2.46. The SMILES string of the molecule is Cn1cnc2cc(N3CCN(Cc4nc5c(s4)CCCC5)CC3)ccc2c1=O. The normalized spacial score (nSPS) is 17.8. The Balaban J connectivity index is 1.25. The van der Waals surface area contributed by atoms with E-state index >= 15 is 0 Å². The Morgan fingerprint density at radius 2 is 1.93 bits per heavy atom. The van der Waals surface area contributed by atoms with Gasteiger partial charge in [0.05, 0.1) is 29.5 Å². The van der Waals surface area contributed by atoms with Crippen molar-refractivity contribution in [3.05, 3.63) is 50.5 Å². The number of piperazine rings is 1. The zero-order valence-electron chi connectivity index (χ0n) is 16.2. The zero-order valence-corrected chi connectivity index (χ0v) is 17.0. The Bertz CT molecular complexity index is 1040. The maximum absolute atomic E-state index is 12.2. The van der Waals surface area contributed by atoms with E-state index in [0.29, 0.717) is 5.39 Å². The third-order valence-electron chi connectivity index (χ3n) is 5.89. The number of aromatic nitrogens is 3. The highest BCUT2D eigenvalue weighted by atomic mass is 32.1. The molecule has 1 aliphatic carbocycles. The number of benzene rings is 1. The average molecular weight is 396 g/mol. The number of thiazole rings is 1. The van der Waals surface area contributed by atoms with Gasteiger partial charge in [-0.2, -0.15) is 0 Å². The average Bonchev–Trinajstić information content (AvgIpc) is 3.13. The first-order valence-electron chi connectivity index (χ1n) is 10.1. The number of hydrogen-bond donors (Lipinski definition) is 0. The molecule has 6 nitrogen and oxygen atoms in total. The molecule has 1 aliphatic heterocycles. The zero-order chi connectivity index (χ0) is 19.1. The van der Waals surface area contributed by atoms with E-state index in [0.717, 1.165) is 43.9 Å². The minimum atomic E-state index is 0.00696. The highest BCUT2D eigenvalue weighted by molar-refractivity contribution is 7.11. The van der Waals surface area contributed by atoms with E-state index in [2.05, 4.69) is 20.9 Å². The van der Waals surface area contributed by atoms with Gasteiger partial charge in [0.15, 0.2) is 0 Å². The van der Waals surface area contributed by atoms with Gasteiger partial charge < -0.3 is 9.47 Å². The molecule has 1 aromatic carbocycles. The molecule has 1 fully saturated rings. The van der Waals surface area contributed by atoms with Crippen LogP contribution >= 0.6 is 11.3 Å². The third kappa shape index (κ3) is 3.33. The second-order valence-electron chi connectivity index (χ2n) is 7.81. The van der Waals surface area contributed by atoms with Crippen molar-refractivity contribution in [2.75, 3.05) is 31.1 Å². The summed E-state index contributed by atoms with van der Waals surface area (Å²) >= 11 is 1.92. The topological polar surface area (TPSA) is 54.3 Å². The van der Waals surface area contributed by atoms with Crippen LogP contribution in [0.3, 0.4) is 0 Å². The minimum absolute atomic E-state index is 0.00696. The molecule has 0 spiro atoms. The lowest BCUT2D eigenvalue weighted by Gasteiger charge is -2.35. The van der Waals surface area contributed by atoms with Gasteiger partial charge in [-0.15, -0.1) is 11.3 Å². The van der Waals surface area contributed by atoms with Gasteiger partial charge in [-0.25, -0.2) is 9.97 Å². The summed E-state index contributed by atoms with van der Waals surface area (Å²) in [5.74, 6) is 0. The number of nitrogens with zero attached hydrogens (tertiary/aromatic N) is 5. The van der Waals surface area contributed by atoms with Gasteiger partial charge in [0, 0.05) is 43.8 Å². The van der Waals surface area contributed by atoms with Gasteiger partial charge in [0.2, 0.25) is 0 Å². The molecule has 0 amide bonds. The number of fused-ring (bicyclic) bond motifs is 2. The van der Waals surface area contributed by atoms with Crippen LogP contribution in [0.2, 0.25) is 0 Å². The molecule has 28 heavy (non-hydrogen) atoms. The van der Waals surface area contributed by atoms with E-state index in [-0.39, 0.29) is 5.56 Å². The number of rotatable bonds is 3. The lowest BCUT2D eigenvalue weighted by molar-refractivity contribution is 0.249. The first-order chi connectivity index (χ1) is 13.7. The van der Waals surface area contributed by atoms with E-state index < -0.39 is 0 Å². The van der Waals surface area contributed by atoms with E-state index in [1.165, 1.54) is 45.8 Å². The Labute approximate surface area is 168 Å². The van der Waals surface area contributed by atoms with Crippen LogP contribution in [0, 0.1) is 0 Å². The van der Waals surface area contributed by atoms with Crippen molar-refractivity contribution in [1.82, 2.24) is 19.4 Å². The van der Waals surface area contributed by atoms with E-state index in [1.807, 2.05) is 23.5 Å². The molecule has 7 heteroatoms. The van der Waals surface area contributed by atoms with Crippen LogP contribution in [0.25, 0.3) is 10.9 Å². The molecular formula is C21H25N5OS. The van der Waals surface area contributed by atoms with Crippen molar-refractivity contribution in [1.29, 1.82) is 0 Å². The van der Waals surface area contributed by atoms with Crippen LogP contribution < -0.4 is 10.5 Å². The van der Waals surface area contributed by atoms with Crippen LogP contribution in [-0.4, -0.2) is 45.6 Å². The van der Waals surface area contributed by atoms with Gasteiger partial charge in [0.1, 0.15) is 5.01 Å². The fourth-order valence-corrected chi connectivity index (χ4v) is 5.42. The van der Waals surface area contributed by atoms with Crippen LogP contribution in [0.5, 0.6) is 0 Å². The smallest absolute Gasteiger partial charge is 0.260 e. The van der Waals surface area contributed by atoms with Gasteiger partial charge in [-0.05, 0) is 43.9 Å². The third-order valence-corrected chi connectivity index (χ3v) is 7.03. The summed E-state index contributed by atoms with van der Waals surface area (Å²) in [4.78, 5) is 27.9. The quantitative estimate of drug-likeness (QED) is 0.682. The molecule has 0 bridgehead atoms. The van der Waals surface area contributed by atoms with Gasteiger partial charge >= 0.3 is 0 Å². The molecule has 0 saturated carbocycles. The largest absolute Gasteiger partial charge is 0.369 e. The van der Waals surface area contributed by atoms with Crippen molar-refractivity contribution in [2.24, 2.45) is 7.05 Å². The van der Waals surface area contributed by atoms with Crippen LogP contribution in [-0.2, 0) is 26.4 Å². The summed E-state index contributed by atoms with van der Waals surface area (Å²) in [6.45, 7) is 5.02. The molecule has 5 rings (SSSR count). The van der Waals surface area contributed by atoms with Gasteiger partial charge in [-0.3, -0.25) is 9.69 Å².